The lowest BCUT2D eigenvalue weighted by Gasteiger charge is -2.03. The lowest BCUT2D eigenvalue weighted by molar-refractivity contribution is -0.118. The highest BCUT2D eigenvalue weighted by Gasteiger charge is 2.02. The third-order valence-electron chi connectivity index (χ3n) is 2.72. The van der Waals surface area contributed by atoms with Crippen LogP contribution in [0.1, 0.15) is 11.1 Å². The van der Waals surface area contributed by atoms with Crippen LogP contribution >= 0.6 is 50.3 Å². The molecule has 2 rings (SSSR count). The molecular formula is C16H14BrIN2OS. The Hall–Kier alpha value is -0.860. The zero-order valence-corrected chi connectivity index (χ0v) is 16.2. The number of thioether (sulfide) groups is 1. The Balaban J connectivity index is 1.72. The molecule has 0 saturated heterocycles. The van der Waals surface area contributed by atoms with Crippen molar-refractivity contribution in [1.82, 2.24) is 5.43 Å². The van der Waals surface area contributed by atoms with Crippen LogP contribution in [0.25, 0.3) is 0 Å². The van der Waals surface area contributed by atoms with Crippen molar-refractivity contribution < 1.29 is 4.79 Å². The van der Waals surface area contributed by atoms with Gasteiger partial charge in [-0.15, -0.1) is 11.8 Å². The number of hydrazone groups is 1. The molecule has 22 heavy (non-hydrogen) atoms. The van der Waals surface area contributed by atoms with Gasteiger partial charge in [-0.05, 0) is 51.9 Å². The predicted molar refractivity (Wildman–Crippen MR) is 105 cm³/mol. The molecule has 0 heterocycles. The van der Waals surface area contributed by atoms with Gasteiger partial charge >= 0.3 is 0 Å². The summed E-state index contributed by atoms with van der Waals surface area (Å²) in [6, 6.07) is 15.9. The molecule has 0 radical (unpaired) electrons. The monoisotopic (exact) mass is 488 g/mol. The molecule has 114 valence electrons. The predicted octanol–water partition coefficient (Wildman–Crippen LogP) is 4.44. The molecule has 1 amide bonds. The van der Waals surface area contributed by atoms with Gasteiger partial charge in [0.2, 0.25) is 5.91 Å². The highest BCUT2D eigenvalue weighted by molar-refractivity contribution is 14.1. The van der Waals surface area contributed by atoms with Gasteiger partial charge in [0.1, 0.15) is 0 Å². The minimum Gasteiger partial charge on any atom is -0.272 e. The molecule has 0 aliphatic heterocycles. The number of halogens is 2. The number of nitrogens with zero attached hydrogens (tertiary/aromatic N) is 1. The molecule has 0 aliphatic carbocycles. The van der Waals surface area contributed by atoms with E-state index in [4.69, 9.17) is 0 Å². The van der Waals surface area contributed by atoms with Crippen LogP contribution < -0.4 is 5.43 Å². The normalized spacial score (nSPS) is 10.8. The lowest BCUT2D eigenvalue weighted by atomic mass is 10.2. The first-order valence-corrected chi connectivity index (χ1v) is 9.56. The Morgan fingerprint density at radius 1 is 1.23 bits per heavy atom. The number of nitrogens with one attached hydrogen (secondary N) is 1. The molecule has 6 heteroatoms. The van der Waals surface area contributed by atoms with Crippen molar-refractivity contribution in [3.05, 3.63) is 67.7 Å². The Labute approximate surface area is 156 Å². The van der Waals surface area contributed by atoms with Crippen molar-refractivity contribution in [3.63, 3.8) is 0 Å². The number of rotatable bonds is 6. The molecule has 0 aromatic heterocycles. The smallest absolute Gasteiger partial charge is 0.250 e. The Morgan fingerprint density at radius 2 is 1.95 bits per heavy atom. The molecule has 0 unspecified atom stereocenters. The first kappa shape index (κ1) is 17.5. The molecule has 1 N–H and O–H groups in total. The standard InChI is InChI=1S/C16H14BrIN2OS/c17-15-4-2-1-3-13(15)10-22-11-16(21)20-19-9-12-5-7-14(18)8-6-12/h1-9H,10-11H2,(H,20,21)/b19-9+. The summed E-state index contributed by atoms with van der Waals surface area (Å²) >= 11 is 7.30. The van der Waals surface area contributed by atoms with E-state index in [0.717, 1.165) is 15.8 Å². The maximum absolute atomic E-state index is 11.7. The molecule has 3 nitrogen and oxygen atoms in total. The van der Waals surface area contributed by atoms with E-state index in [-0.39, 0.29) is 5.91 Å². The van der Waals surface area contributed by atoms with E-state index in [0.29, 0.717) is 5.75 Å². The van der Waals surface area contributed by atoms with Crippen LogP contribution in [-0.2, 0) is 10.5 Å². The topological polar surface area (TPSA) is 41.5 Å². The van der Waals surface area contributed by atoms with Gasteiger partial charge in [0.05, 0.1) is 12.0 Å². The fourth-order valence-corrected chi connectivity index (χ4v) is 3.42. The second-order valence-corrected chi connectivity index (χ2v) is 7.51. The quantitative estimate of drug-likeness (QED) is 0.371. The van der Waals surface area contributed by atoms with Gasteiger partial charge in [0.25, 0.3) is 0 Å². The molecule has 0 fully saturated rings. The minimum absolute atomic E-state index is 0.0983. The Kier molecular flexibility index (Phi) is 7.41. The van der Waals surface area contributed by atoms with Gasteiger partial charge in [0, 0.05) is 13.8 Å². The second kappa shape index (κ2) is 9.32. The van der Waals surface area contributed by atoms with Gasteiger partial charge in [-0.1, -0.05) is 46.3 Å². The Morgan fingerprint density at radius 3 is 2.68 bits per heavy atom. The molecule has 2 aromatic rings. The lowest BCUT2D eigenvalue weighted by Crippen LogP contribution is -2.19. The summed E-state index contributed by atoms with van der Waals surface area (Å²) in [6.45, 7) is 0. The average Bonchev–Trinajstić information content (AvgIpc) is 2.51. The van der Waals surface area contributed by atoms with Crippen LogP contribution in [0.3, 0.4) is 0 Å². The van der Waals surface area contributed by atoms with Crippen LogP contribution in [0.5, 0.6) is 0 Å². The van der Waals surface area contributed by atoms with Crippen LogP contribution in [0.4, 0.5) is 0 Å². The summed E-state index contributed by atoms with van der Waals surface area (Å²) in [5, 5.41) is 3.96. The van der Waals surface area contributed by atoms with Crippen molar-refractivity contribution >= 4 is 62.4 Å². The molecule has 0 aliphatic rings. The molecule has 2 aromatic carbocycles. The Bertz CT molecular complexity index is 661. The summed E-state index contributed by atoms with van der Waals surface area (Å²) in [4.78, 5) is 11.7. The number of hydrogen-bond acceptors (Lipinski definition) is 3. The van der Waals surface area contributed by atoms with Crippen molar-refractivity contribution in [2.24, 2.45) is 5.10 Å². The summed E-state index contributed by atoms with van der Waals surface area (Å²) in [6.07, 6.45) is 1.65. The third kappa shape index (κ3) is 6.10. The zero-order chi connectivity index (χ0) is 15.8. The summed E-state index contributed by atoms with van der Waals surface area (Å²) in [5.41, 5.74) is 4.69. The van der Waals surface area contributed by atoms with Gasteiger partial charge < -0.3 is 0 Å². The van der Waals surface area contributed by atoms with E-state index in [1.807, 2.05) is 48.5 Å². The highest BCUT2D eigenvalue weighted by atomic mass is 127. The van der Waals surface area contributed by atoms with E-state index < -0.39 is 0 Å². The number of benzene rings is 2. The maximum atomic E-state index is 11.7. The second-order valence-electron chi connectivity index (χ2n) is 4.43. The van der Waals surface area contributed by atoms with E-state index in [2.05, 4.69) is 49.0 Å². The van der Waals surface area contributed by atoms with Crippen LogP contribution in [0.2, 0.25) is 0 Å². The number of amides is 1. The fraction of sp³-hybridized carbons (Fsp3) is 0.125. The van der Waals surface area contributed by atoms with Crippen molar-refractivity contribution in [1.29, 1.82) is 0 Å². The summed E-state index contributed by atoms with van der Waals surface area (Å²) < 4.78 is 2.24. The van der Waals surface area contributed by atoms with Crippen LogP contribution in [0.15, 0.2) is 58.1 Å². The van der Waals surface area contributed by atoms with Gasteiger partial charge in [-0.2, -0.15) is 5.10 Å². The maximum Gasteiger partial charge on any atom is 0.250 e. The van der Waals surface area contributed by atoms with Gasteiger partial charge in [0.15, 0.2) is 0 Å². The van der Waals surface area contributed by atoms with Crippen LogP contribution in [-0.4, -0.2) is 17.9 Å². The van der Waals surface area contributed by atoms with E-state index in [1.165, 1.54) is 9.13 Å². The van der Waals surface area contributed by atoms with Crippen molar-refractivity contribution in [2.75, 3.05) is 5.75 Å². The van der Waals surface area contributed by atoms with Crippen molar-refractivity contribution in [2.45, 2.75) is 5.75 Å². The SMILES string of the molecule is O=C(CSCc1ccccc1Br)N/N=C/c1ccc(I)cc1. The molecule has 0 atom stereocenters. The van der Waals surface area contributed by atoms with E-state index >= 15 is 0 Å². The highest BCUT2D eigenvalue weighted by Crippen LogP contribution is 2.20. The summed E-state index contributed by atoms with van der Waals surface area (Å²) in [5.74, 6) is 1.07. The summed E-state index contributed by atoms with van der Waals surface area (Å²) in [7, 11) is 0. The number of hydrogen-bond donors (Lipinski definition) is 1. The molecule has 0 saturated carbocycles. The van der Waals surface area contributed by atoms with Gasteiger partial charge in [-0.3, -0.25) is 4.79 Å². The van der Waals surface area contributed by atoms with Crippen molar-refractivity contribution in [3.8, 4) is 0 Å². The number of carbonyl (C=O) groups is 1. The zero-order valence-electron chi connectivity index (χ0n) is 11.6. The van der Waals surface area contributed by atoms with Gasteiger partial charge in [-0.25, -0.2) is 5.43 Å². The van der Waals surface area contributed by atoms with Crippen LogP contribution in [0, 0.1) is 3.57 Å². The fourth-order valence-electron chi connectivity index (χ4n) is 1.63. The number of carbonyl (C=O) groups excluding carboxylic acids is 1. The van der Waals surface area contributed by atoms with E-state index in [9.17, 15) is 4.79 Å². The molecule has 0 spiro atoms. The first-order valence-electron chi connectivity index (χ1n) is 6.54. The minimum atomic E-state index is -0.0983. The average molecular weight is 489 g/mol. The molecule has 0 bridgehead atoms. The third-order valence-corrected chi connectivity index (χ3v) is 5.20. The molecular weight excluding hydrogens is 475 g/mol. The first-order chi connectivity index (χ1) is 10.6. The van der Waals surface area contributed by atoms with E-state index in [1.54, 1.807) is 18.0 Å². The largest absolute Gasteiger partial charge is 0.272 e.